The first kappa shape index (κ1) is 23.3. The molecule has 0 unspecified atom stereocenters. The predicted molar refractivity (Wildman–Crippen MR) is 120 cm³/mol. The summed E-state index contributed by atoms with van der Waals surface area (Å²) in [6, 6.07) is 1.53. The van der Waals surface area contributed by atoms with Gasteiger partial charge in [0.2, 0.25) is 5.91 Å². The molecule has 0 aromatic carbocycles. The summed E-state index contributed by atoms with van der Waals surface area (Å²) >= 11 is 1.34. The van der Waals surface area contributed by atoms with Gasteiger partial charge in [-0.2, -0.15) is 0 Å². The van der Waals surface area contributed by atoms with Gasteiger partial charge in [-0.15, -0.1) is 11.3 Å². The number of amides is 1. The lowest BCUT2D eigenvalue weighted by molar-refractivity contribution is -0.154. The van der Waals surface area contributed by atoms with E-state index in [9.17, 15) is 14.4 Å². The summed E-state index contributed by atoms with van der Waals surface area (Å²) in [5.74, 6) is 5.76. The van der Waals surface area contributed by atoms with Crippen LogP contribution in [0.5, 0.6) is 0 Å². The zero-order chi connectivity index (χ0) is 22.7. The summed E-state index contributed by atoms with van der Waals surface area (Å²) in [5.41, 5.74) is 0.350. The van der Waals surface area contributed by atoms with Crippen molar-refractivity contribution in [2.75, 3.05) is 12.0 Å². The Morgan fingerprint density at radius 1 is 1.19 bits per heavy atom. The molecular formula is C24H31NO5S. The number of anilines is 1. The van der Waals surface area contributed by atoms with Crippen molar-refractivity contribution in [1.29, 1.82) is 0 Å². The Balaban J connectivity index is 1.96. The number of hydrogen-bond acceptors (Lipinski definition) is 6. The molecule has 0 aliphatic heterocycles. The molecule has 168 valence electrons. The molecular weight excluding hydrogens is 414 g/mol. The van der Waals surface area contributed by atoms with E-state index >= 15 is 0 Å². The molecule has 0 spiro atoms. The zero-order valence-electron chi connectivity index (χ0n) is 18.9. The number of esters is 2. The van der Waals surface area contributed by atoms with Crippen molar-refractivity contribution in [1.82, 2.24) is 0 Å². The van der Waals surface area contributed by atoms with Crippen molar-refractivity contribution in [2.45, 2.75) is 71.9 Å². The van der Waals surface area contributed by atoms with E-state index in [0.29, 0.717) is 35.2 Å². The van der Waals surface area contributed by atoms with E-state index in [1.807, 2.05) is 13.8 Å². The Labute approximate surface area is 188 Å². The summed E-state index contributed by atoms with van der Waals surface area (Å²) in [6.07, 6.45) is 3.98. The number of hydrogen-bond donors (Lipinski definition) is 0. The first-order valence-electron chi connectivity index (χ1n) is 10.9. The molecule has 3 atom stereocenters. The molecule has 1 amide bonds. The zero-order valence-corrected chi connectivity index (χ0v) is 19.7. The molecule has 0 N–H and O–H groups in total. The van der Waals surface area contributed by atoms with E-state index in [4.69, 9.17) is 9.47 Å². The van der Waals surface area contributed by atoms with E-state index in [2.05, 4.69) is 18.8 Å². The van der Waals surface area contributed by atoms with Gasteiger partial charge in [-0.3, -0.25) is 9.59 Å². The number of ether oxygens (including phenoxy) is 2. The average Bonchev–Trinajstić information content (AvgIpc) is 3.44. The maximum atomic E-state index is 13.7. The third-order valence-corrected chi connectivity index (χ3v) is 6.81. The quantitative estimate of drug-likeness (QED) is 0.496. The Morgan fingerprint density at radius 2 is 1.90 bits per heavy atom. The molecule has 1 heterocycles. The van der Waals surface area contributed by atoms with E-state index in [1.54, 1.807) is 11.0 Å². The Bertz CT molecular complexity index is 905. The summed E-state index contributed by atoms with van der Waals surface area (Å²) < 4.78 is 10.5. The van der Waals surface area contributed by atoms with Crippen LogP contribution in [0.4, 0.5) is 5.00 Å². The van der Waals surface area contributed by atoms with E-state index in [-0.39, 0.29) is 17.9 Å². The SMILES string of the molecule is COC(=O)c1cc(C#CC2CC2)sc1N(C(=O)[C@@H]1CC[C@@H](C)C[C@@H]1OC(C)=O)C(C)C. The van der Waals surface area contributed by atoms with Crippen molar-refractivity contribution in [2.24, 2.45) is 17.8 Å². The van der Waals surface area contributed by atoms with Gasteiger partial charge in [0.15, 0.2) is 0 Å². The fourth-order valence-corrected chi connectivity index (χ4v) is 5.15. The van der Waals surface area contributed by atoms with Crippen LogP contribution in [-0.2, 0) is 19.1 Å². The van der Waals surface area contributed by atoms with Crippen LogP contribution >= 0.6 is 11.3 Å². The van der Waals surface area contributed by atoms with Gasteiger partial charge < -0.3 is 14.4 Å². The van der Waals surface area contributed by atoms with E-state index < -0.39 is 18.0 Å². The van der Waals surface area contributed by atoms with Crippen molar-refractivity contribution < 1.29 is 23.9 Å². The molecule has 1 aromatic rings. The van der Waals surface area contributed by atoms with Crippen LogP contribution in [0.2, 0.25) is 0 Å². The molecule has 6 nitrogen and oxygen atoms in total. The molecule has 2 aliphatic rings. The molecule has 2 fully saturated rings. The molecule has 2 saturated carbocycles. The highest BCUT2D eigenvalue weighted by atomic mass is 32.1. The van der Waals surface area contributed by atoms with Crippen LogP contribution < -0.4 is 4.90 Å². The maximum Gasteiger partial charge on any atom is 0.340 e. The van der Waals surface area contributed by atoms with Gasteiger partial charge in [0.1, 0.15) is 11.1 Å². The highest BCUT2D eigenvalue weighted by Gasteiger charge is 2.40. The molecule has 3 rings (SSSR count). The monoisotopic (exact) mass is 445 g/mol. The number of carbonyl (C=O) groups is 3. The minimum atomic E-state index is -0.488. The van der Waals surface area contributed by atoms with Crippen molar-refractivity contribution >= 4 is 34.2 Å². The van der Waals surface area contributed by atoms with Crippen molar-refractivity contribution in [3.05, 3.63) is 16.5 Å². The second kappa shape index (κ2) is 9.86. The summed E-state index contributed by atoms with van der Waals surface area (Å²) in [7, 11) is 1.33. The molecule has 1 aromatic heterocycles. The largest absolute Gasteiger partial charge is 0.465 e. The van der Waals surface area contributed by atoms with Crippen molar-refractivity contribution in [3.8, 4) is 11.8 Å². The Kier molecular flexibility index (Phi) is 7.42. The number of rotatable bonds is 5. The fraction of sp³-hybridized carbons (Fsp3) is 0.625. The van der Waals surface area contributed by atoms with Gasteiger partial charge in [0.25, 0.3) is 0 Å². The lowest BCUT2D eigenvalue weighted by Crippen LogP contribution is -2.47. The molecule has 31 heavy (non-hydrogen) atoms. The summed E-state index contributed by atoms with van der Waals surface area (Å²) in [6.45, 7) is 7.32. The maximum absolute atomic E-state index is 13.7. The second-order valence-electron chi connectivity index (χ2n) is 8.84. The van der Waals surface area contributed by atoms with Crippen LogP contribution in [-0.4, -0.2) is 37.1 Å². The van der Waals surface area contributed by atoms with Gasteiger partial charge in [0.05, 0.1) is 23.5 Å². The number of nitrogens with zero attached hydrogens (tertiary/aromatic N) is 1. The highest BCUT2D eigenvalue weighted by molar-refractivity contribution is 7.17. The summed E-state index contributed by atoms with van der Waals surface area (Å²) in [4.78, 5) is 40.3. The molecule has 0 saturated heterocycles. The Morgan fingerprint density at radius 3 is 2.48 bits per heavy atom. The number of carbonyl (C=O) groups excluding carboxylic acids is 3. The molecule has 0 radical (unpaired) electrons. The second-order valence-corrected chi connectivity index (χ2v) is 9.87. The highest BCUT2D eigenvalue weighted by Crippen LogP contribution is 2.38. The standard InChI is InChI=1S/C24H31NO5S/c1-14(2)25(22(27)19-11-6-15(3)12-21(19)30-16(4)26)23-20(24(28)29-5)13-18(31-23)10-9-17-7-8-17/h13-15,17,19,21H,6-8,11-12H2,1-5H3/t15-,19-,21+/m1/s1. The van der Waals surface area contributed by atoms with Crippen LogP contribution in [0.25, 0.3) is 0 Å². The first-order chi connectivity index (χ1) is 14.7. The van der Waals surface area contributed by atoms with Crippen molar-refractivity contribution in [3.63, 3.8) is 0 Å². The topological polar surface area (TPSA) is 72.9 Å². The van der Waals surface area contributed by atoms with Gasteiger partial charge in [-0.25, -0.2) is 4.79 Å². The molecule has 7 heteroatoms. The number of thiophene rings is 1. The Hall–Kier alpha value is -2.33. The van der Waals surface area contributed by atoms with Gasteiger partial charge in [0, 0.05) is 18.9 Å². The fourth-order valence-electron chi connectivity index (χ4n) is 4.00. The van der Waals surface area contributed by atoms with Gasteiger partial charge in [-0.05, 0) is 57.9 Å². The minimum Gasteiger partial charge on any atom is -0.465 e. The van der Waals surface area contributed by atoms with E-state index in [1.165, 1.54) is 25.4 Å². The first-order valence-corrected chi connectivity index (χ1v) is 11.8. The smallest absolute Gasteiger partial charge is 0.340 e. The lowest BCUT2D eigenvalue weighted by Gasteiger charge is -2.37. The molecule has 2 aliphatic carbocycles. The van der Waals surface area contributed by atoms with Crippen LogP contribution in [0.1, 0.15) is 75.0 Å². The average molecular weight is 446 g/mol. The van der Waals surface area contributed by atoms with Crippen LogP contribution in [0.15, 0.2) is 6.07 Å². The van der Waals surface area contributed by atoms with Gasteiger partial charge in [-0.1, -0.05) is 18.8 Å². The van der Waals surface area contributed by atoms with Crippen LogP contribution in [0.3, 0.4) is 0 Å². The molecule has 0 bridgehead atoms. The predicted octanol–water partition coefficient (Wildman–Crippen LogP) is 4.41. The van der Waals surface area contributed by atoms with Gasteiger partial charge >= 0.3 is 11.9 Å². The number of methoxy groups -OCH3 is 1. The minimum absolute atomic E-state index is 0.123. The summed E-state index contributed by atoms with van der Waals surface area (Å²) in [5, 5.41) is 0.548. The third kappa shape index (κ3) is 5.68. The van der Waals surface area contributed by atoms with Crippen LogP contribution in [0, 0.1) is 29.6 Å². The van der Waals surface area contributed by atoms with E-state index in [0.717, 1.165) is 24.1 Å². The lowest BCUT2D eigenvalue weighted by atomic mass is 9.79. The third-order valence-electron chi connectivity index (χ3n) is 5.76. The normalized spacial score (nSPS) is 23.0.